The SMILES string of the molecule is Cn1ncc(N2CC[C@H](CNC(=O)c3cnc(-c4ccccc4)[nH]3)C2)cc1=O. The van der Waals surface area contributed by atoms with E-state index in [1.807, 2.05) is 30.3 Å². The summed E-state index contributed by atoms with van der Waals surface area (Å²) in [6.45, 7) is 2.21. The van der Waals surface area contributed by atoms with E-state index in [-0.39, 0.29) is 11.5 Å². The number of hydrogen-bond acceptors (Lipinski definition) is 5. The Balaban J connectivity index is 1.32. The van der Waals surface area contributed by atoms with Crippen molar-refractivity contribution in [3.8, 4) is 11.4 Å². The second-order valence-corrected chi connectivity index (χ2v) is 7.00. The minimum Gasteiger partial charge on any atom is -0.370 e. The Labute approximate surface area is 162 Å². The first-order valence-electron chi connectivity index (χ1n) is 9.27. The maximum Gasteiger partial charge on any atom is 0.269 e. The fraction of sp³-hybridized carbons (Fsp3) is 0.300. The molecule has 0 saturated carbocycles. The van der Waals surface area contributed by atoms with Crippen molar-refractivity contribution < 1.29 is 4.79 Å². The van der Waals surface area contributed by atoms with Crippen LogP contribution in [0.15, 0.2) is 53.6 Å². The first-order valence-corrected chi connectivity index (χ1v) is 9.27. The normalized spacial score (nSPS) is 16.3. The zero-order valence-electron chi connectivity index (χ0n) is 15.6. The molecule has 0 radical (unpaired) electrons. The molecule has 1 fully saturated rings. The average molecular weight is 378 g/mol. The molecule has 1 aromatic carbocycles. The molecule has 1 aliphatic rings. The molecule has 0 unspecified atom stereocenters. The summed E-state index contributed by atoms with van der Waals surface area (Å²) in [5.74, 6) is 0.837. The molecule has 1 amide bonds. The molecule has 8 nitrogen and oxygen atoms in total. The first kappa shape index (κ1) is 18.0. The van der Waals surface area contributed by atoms with Crippen LogP contribution in [0, 0.1) is 5.92 Å². The Kier molecular flexibility index (Phi) is 4.92. The van der Waals surface area contributed by atoms with E-state index in [0.29, 0.717) is 24.0 Å². The molecule has 4 rings (SSSR count). The van der Waals surface area contributed by atoms with E-state index in [4.69, 9.17) is 0 Å². The van der Waals surface area contributed by atoms with Crippen molar-refractivity contribution in [2.45, 2.75) is 6.42 Å². The van der Waals surface area contributed by atoms with Gasteiger partial charge in [-0.1, -0.05) is 30.3 Å². The summed E-state index contributed by atoms with van der Waals surface area (Å²) >= 11 is 0. The number of H-pyrrole nitrogens is 1. The van der Waals surface area contributed by atoms with Crippen molar-refractivity contribution in [3.05, 3.63) is 64.8 Å². The number of amides is 1. The first-order chi connectivity index (χ1) is 13.6. The molecule has 1 atom stereocenters. The lowest BCUT2D eigenvalue weighted by Crippen LogP contribution is -2.31. The number of hydrogen-bond donors (Lipinski definition) is 2. The van der Waals surface area contributed by atoms with Gasteiger partial charge in [0.1, 0.15) is 11.5 Å². The van der Waals surface area contributed by atoms with E-state index in [2.05, 4.69) is 25.3 Å². The van der Waals surface area contributed by atoms with E-state index >= 15 is 0 Å². The van der Waals surface area contributed by atoms with Gasteiger partial charge in [0, 0.05) is 38.3 Å². The van der Waals surface area contributed by atoms with E-state index in [0.717, 1.165) is 30.8 Å². The minimum absolute atomic E-state index is 0.122. The molecule has 28 heavy (non-hydrogen) atoms. The Hall–Kier alpha value is -3.42. The van der Waals surface area contributed by atoms with Gasteiger partial charge < -0.3 is 15.2 Å². The standard InChI is InChI=1S/C20H22N6O2/c1-25-18(27)9-16(11-23-25)26-8-7-14(13-26)10-22-20(28)17-12-21-19(24-17)15-5-3-2-4-6-15/h2-6,9,11-12,14H,7-8,10,13H2,1H3,(H,21,24)(H,22,28)/t14-/m1/s1. The van der Waals surface area contributed by atoms with Crippen molar-refractivity contribution in [1.82, 2.24) is 25.1 Å². The predicted molar refractivity (Wildman–Crippen MR) is 106 cm³/mol. The molecule has 144 valence electrons. The van der Waals surface area contributed by atoms with Crippen molar-refractivity contribution in [2.75, 3.05) is 24.5 Å². The third-order valence-corrected chi connectivity index (χ3v) is 5.02. The van der Waals surface area contributed by atoms with E-state index in [9.17, 15) is 9.59 Å². The molecule has 0 aliphatic carbocycles. The topological polar surface area (TPSA) is 95.9 Å². The predicted octanol–water partition coefficient (Wildman–Crippen LogP) is 1.43. The highest BCUT2D eigenvalue weighted by atomic mass is 16.2. The van der Waals surface area contributed by atoms with Gasteiger partial charge in [0.25, 0.3) is 11.5 Å². The highest BCUT2D eigenvalue weighted by Gasteiger charge is 2.24. The number of aromatic amines is 1. The van der Waals surface area contributed by atoms with Crippen molar-refractivity contribution >= 4 is 11.6 Å². The van der Waals surface area contributed by atoms with Gasteiger partial charge in [-0.25, -0.2) is 9.67 Å². The molecule has 0 spiro atoms. The summed E-state index contributed by atoms with van der Waals surface area (Å²) in [6, 6.07) is 11.3. The highest BCUT2D eigenvalue weighted by Crippen LogP contribution is 2.21. The van der Waals surface area contributed by atoms with Gasteiger partial charge in [-0.2, -0.15) is 5.10 Å². The van der Waals surface area contributed by atoms with E-state index in [1.165, 1.54) is 4.68 Å². The van der Waals surface area contributed by atoms with Gasteiger partial charge in [-0.15, -0.1) is 0 Å². The van der Waals surface area contributed by atoms with Crippen molar-refractivity contribution in [2.24, 2.45) is 13.0 Å². The third-order valence-electron chi connectivity index (χ3n) is 5.02. The molecular weight excluding hydrogens is 356 g/mol. The lowest BCUT2D eigenvalue weighted by molar-refractivity contribution is 0.0944. The van der Waals surface area contributed by atoms with Crippen molar-refractivity contribution in [1.29, 1.82) is 0 Å². The number of nitrogens with zero attached hydrogens (tertiary/aromatic N) is 4. The maximum atomic E-state index is 12.4. The van der Waals surface area contributed by atoms with E-state index in [1.54, 1.807) is 25.5 Å². The molecule has 8 heteroatoms. The third kappa shape index (κ3) is 3.80. The van der Waals surface area contributed by atoms with Gasteiger partial charge in [-0.3, -0.25) is 9.59 Å². The van der Waals surface area contributed by atoms with Crippen LogP contribution in [0.1, 0.15) is 16.9 Å². The van der Waals surface area contributed by atoms with Crippen LogP contribution in [0.25, 0.3) is 11.4 Å². The number of carbonyl (C=O) groups is 1. The van der Waals surface area contributed by atoms with E-state index < -0.39 is 0 Å². The lowest BCUT2D eigenvalue weighted by Gasteiger charge is -2.18. The number of rotatable bonds is 5. The van der Waals surface area contributed by atoms with Gasteiger partial charge in [0.2, 0.25) is 0 Å². The summed E-state index contributed by atoms with van der Waals surface area (Å²) in [5, 5.41) is 7.05. The number of imidazole rings is 1. The number of nitrogens with one attached hydrogen (secondary N) is 2. The Morgan fingerprint density at radius 2 is 2.11 bits per heavy atom. The quantitative estimate of drug-likeness (QED) is 0.700. The van der Waals surface area contributed by atoms with Crippen LogP contribution >= 0.6 is 0 Å². The smallest absolute Gasteiger partial charge is 0.269 e. The number of benzene rings is 1. The summed E-state index contributed by atoms with van der Waals surface area (Å²) in [6.07, 6.45) is 4.22. The van der Waals surface area contributed by atoms with Gasteiger partial charge in [0.05, 0.1) is 18.1 Å². The fourth-order valence-corrected chi connectivity index (χ4v) is 3.38. The van der Waals surface area contributed by atoms with Crippen molar-refractivity contribution in [3.63, 3.8) is 0 Å². The molecule has 3 heterocycles. The second kappa shape index (κ2) is 7.67. The van der Waals surface area contributed by atoms with Crippen LogP contribution in [0.2, 0.25) is 0 Å². The Morgan fingerprint density at radius 1 is 1.29 bits per heavy atom. The summed E-state index contributed by atoms with van der Waals surface area (Å²) < 4.78 is 1.31. The Bertz CT molecular complexity index is 1030. The van der Waals surface area contributed by atoms with Crippen LogP contribution in [-0.2, 0) is 7.05 Å². The summed E-state index contributed by atoms with van der Waals surface area (Å²) in [5.41, 5.74) is 2.10. The minimum atomic E-state index is -0.164. The molecule has 1 aliphatic heterocycles. The van der Waals surface area contributed by atoms with Crippen LogP contribution in [0.3, 0.4) is 0 Å². The largest absolute Gasteiger partial charge is 0.370 e. The number of aryl methyl sites for hydroxylation is 1. The number of anilines is 1. The zero-order chi connectivity index (χ0) is 19.5. The molecule has 2 aromatic heterocycles. The highest BCUT2D eigenvalue weighted by molar-refractivity contribution is 5.92. The van der Waals surface area contributed by atoms with Gasteiger partial charge in [-0.05, 0) is 12.3 Å². The van der Waals surface area contributed by atoms with Gasteiger partial charge >= 0.3 is 0 Å². The summed E-state index contributed by atoms with van der Waals surface area (Å²) in [7, 11) is 1.63. The number of carbonyl (C=O) groups excluding carboxylic acids is 1. The van der Waals surface area contributed by atoms with Crippen LogP contribution in [-0.4, -0.2) is 45.3 Å². The zero-order valence-corrected chi connectivity index (χ0v) is 15.6. The molecule has 0 bridgehead atoms. The summed E-state index contributed by atoms with van der Waals surface area (Å²) in [4.78, 5) is 33.7. The molecule has 1 saturated heterocycles. The second-order valence-electron chi connectivity index (χ2n) is 7.00. The molecule has 2 N–H and O–H groups in total. The van der Waals surface area contributed by atoms with Crippen LogP contribution < -0.4 is 15.8 Å². The average Bonchev–Trinajstić information content (AvgIpc) is 3.39. The van der Waals surface area contributed by atoms with Crippen LogP contribution in [0.4, 0.5) is 5.69 Å². The molecular formula is C20H22N6O2. The lowest BCUT2D eigenvalue weighted by atomic mass is 10.1. The molecule has 3 aromatic rings. The van der Waals surface area contributed by atoms with Crippen LogP contribution in [0.5, 0.6) is 0 Å². The monoisotopic (exact) mass is 378 g/mol. The fourth-order valence-electron chi connectivity index (χ4n) is 3.38. The van der Waals surface area contributed by atoms with Gasteiger partial charge in [0.15, 0.2) is 0 Å². The Morgan fingerprint density at radius 3 is 2.89 bits per heavy atom. The number of aromatic nitrogens is 4. The maximum absolute atomic E-state index is 12.4.